The third kappa shape index (κ3) is 4.91. The third-order valence-electron chi connectivity index (χ3n) is 6.44. The number of amides is 1. The number of hydrogen-bond donors (Lipinski definition) is 2. The summed E-state index contributed by atoms with van der Waals surface area (Å²) in [6.07, 6.45) is 7.83. The maximum atomic E-state index is 12.5. The Labute approximate surface area is 189 Å². The minimum atomic E-state index is 0.0123. The number of carbonyl (C=O) groups excluding carboxylic acids is 1. The van der Waals surface area contributed by atoms with Crippen molar-refractivity contribution >= 4 is 22.8 Å². The number of carbonyl (C=O) groups is 1. The van der Waals surface area contributed by atoms with Gasteiger partial charge in [-0.2, -0.15) is 0 Å². The van der Waals surface area contributed by atoms with Gasteiger partial charge < -0.3 is 15.5 Å². The molecule has 6 heteroatoms. The largest absolute Gasteiger partial charge is 0.354 e. The van der Waals surface area contributed by atoms with Crippen LogP contribution in [0, 0.1) is 6.92 Å². The lowest BCUT2D eigenvalue weighted by Crippen LogP contribution is -2.25. The number of hydrogen-bond acceptors (Lipinski definition) is 5. The van der Waals surface area contributed by atoms with Gasteiger partial charge in [-0.05, 0) is 99.6 Å². The maximum Gasteiger partial charge on any atom is 0.251 e. The number of anilines is 1. The van der Waals surface area contributed by atoms with Crippen molar-refractivity contribution in [3.63, 3.8) is 0 Å². The summed E-state index contributed by atoms with van der Waals surface area (Å²) in [5.41, 5.74) is 4.92. The fourth-order valence-electron chi connectivity index (χ4n) is 4.37. The second kappa shape index (κ2) is 9.25. The molecule has 0 atom stereocenters. The van der Waals surface area contributed by atoms with E-state index in [0.717, 1.165) is 59.9 Å². The lowest BCUT2D eigenvalue weighted by molar-refractivity contribution is 0.0951. The first-order valence-corrected chi connectivity index (χ1v) is 11.8. The van der Waals surface area contributed by atoms with Crippen LogP contribution in [0.15, 0.2) is 42.6 Å². The maximum absolute atomic E-state index is 12.5. The summed E-state index contributed by atoms with van der Waals surface area (Å²) in [6.45, 7) is 6.58. The summed E-state index contributed by atoms with van der Waals surface area (Å²) in [5, 5.41) is 7.43. The molecule has 1 aromatic heterocycles. The zero-order valence-corrected chi connectivity index (χ0v) is 18.7. The van der Waals surface area contributed by atoms with Crippen LogP contribution < -0.4 is 10.6 Å². The van der Waals surface area contributed by atoms with Crippen LogP contribution in [0.5, 0.6) is 0 Å². The number of nitrogens with one attached hydrogen (secondary N) is 2. The Morgan fingerprint density at radius 2 is 1.97 bits per heavy atom. The molecule has 2 fully saturated rings. The molecule has 166 valence electrons. The van der Waals surface area contributed by atoms with E-state index < -0.39 is 0 Å². The summed E-state index contributed by atoms with van der Waals surface area (Å²) >= 11 is 0. The highest BCUT2D eigenvalue weighted by Crippen LogP contribution is 2.28. The van der Waals surface area contributed by atoms with Crippen LogP contribution in [-0.4, -0.2) is 53.0 Å². The van der Waals surface area contributed by atoms with Gasteiger partial charge in [0.05, 0.1) is 5.52 Å². The van der Waals surface area contributed by atoms with E-state index in [1.165, 1.54) is 25.9 Å². The average Bonchev–Trinajstić information content (AvgIpc) is 3.47. The van der Waals surface area contributed by atoms with Crippen molar-refractivity contribution < 1.29 is 4.79 Å². The Bertz CT molecular complexity index is 1120. The SMILES string of the molecule is Cc1ccc(C(=O)NC2CC2)cc1-c1ccc2nc(NCCCN3CCCC3)ncc2c1. The molecule has 1 saturated heterocycles. The van der Waals surface area contributed by atoms with Crippen molar-refractivity contribution in [3.8, 4) is 11.1 Å². The first-order chi connectivity index (χ1) is 15.7. The number of likely N-dealkylation sites (tertiary alicyclic amines) is 1. The summed E-state index contributed by atoms with van der Waals surface area (Å²) in [4.78, 5) is 24.2. The smallest absolute Gasteiger partial charge is 0.251 e. The van der Waals surface area contributed by atoms with Gasteiger partial charge in [0.1, 0.15) is 0 Å². The number of aromatic nitrogens is 2. The van der Waals surface area contributed by atoms with Crippen molar-refractivity contribution in [2.75, 3.05) is 31.5 Å². The second-order valence-corrected chi connectivity index (χ2v) is 9.07. The monoisotopic (exact) mass is 429 g/mol. The van der Waals surface area contributed by atoms with E-state index >= 15 is 0 Å². The zero-order valence-electron chi connectivity index (χ0n) is 18.7. The number of benzene rings is 2. The third-order valence-corrected chi connectivity index (χ3v) is 6.44. The molecule has 0 bridgehead atoms. The van der Waals surface area contributed by atoms with Gasteiger partial charge in [0.25, 0.3) is 5.91 Å². The second-order valence-electron chi connectivity index (χ2n) is 9.07. The molecule has 1 amide bonds. The molecule has 32 heavy (non-hydrogen) atoms. The predicted octanol–water partition coefficient (Wildman–Crippen LogP) is 4.40. The minimum absolute atomic E-state index is 0.0123. The average molecular weight is 430 g/mol. The van der Waals surface area contributed by atoms with Crippen molar-refractivity contribution in [1.29, 1.82) is 0 Å². The van der Waals surface area contributed by atoms with Gasteiger partial charge in [-0.15, -0.1) is 0 Å². The van der Waals surface area contributed by atoms with E-state index in [2.05, 4.69) is 44.6 Å². The van der Waals surface area contributed by atoms with Crippen molar-refractivity contribution in [2.45, 2.75) is 45.1 Å². The van der Waals surface area contributed by atoms with Gasteiger partial charge in [0.2, 0.25) is 5.95 Å². The lowest BCUT2D eigenvalue weighted by Gasteiger charge is -2.14. The Kier molecular flexibility index (Phi) is 6.04. The predicted molar refractivity (Wildman–Crippen MR) is 129 cm³/mol. The van der Waals surface area contributed by atoms with Crippen LogP contribution >= 0.6 is 0 Å². The summed E-state index contributed by atoms with van der Waals surface area (Å²) < 4.78 is 0. The van der Waals surface area contributed by atoms with Gasteiger partial charge in [0.15, 0.2) is 0 Å². The number of nitrogens with zero attached hydrogens (tertiary/aromatic N) is 3. The first kappa shape index (κ1) is 20.9. The number of rotatable bonds is 8. The van der Waals surface area contributed by atoms with Crippen LogP contribution in [-0.2, 0) is 0 Å². The van der Waals surface area contributed by atoms with Crippen LogP contribution in [0.1, 0.15) is 48.0 Å². The van der Waals surface area contributed by atoms with E-state index in [9.17, 15) is 4.79 Å². The zero-order chi connectivity index (χ0) is 21.9. The van der Waals surface area contributed by atoms with Crippen molar-refractivity contribution in [3.05, 3.63) is 53.7 Å². The molecule has 0 unspecified atom stereocenters. The van der Waals surface area contributed by atoms with Crippen LogP contribution in [0.2, 0.25) is 0 Å². The Hall–Kier alpha value is -2.99. The van der Waals surface area contributed by atoms with Crippen LogP contribution in [0.4, 0.5) is 5.95 Å². The van der Waals surface area contributed by atoms with E-state index in [0.29, 0.717) is 17.6 Å². The fraction of sp³-hybridized carbons (Fsp3) is 0.423. The van der Waals surface area contributed by atoms with E-state index in [4.69, 9.17) is 0 Å². The molecule has 3 aromatic rings. The molecule has 5 rings (SSSR count). The highest BCUT2D eigenvalue weighted by molar-refractivity contribution is 5.96. The minimum Gasteiger partial charge on any atom is -0.354 e. The quantitative estimate of drug-likeness (QED) is 0.520. The topological polar surface area (TPSA) is 70.2 Å². The highest BCUT2D eigenvalue weighted by atomic mass is 16.1. The Balaban J connectivity index is 1.28. The Morgan fingerprint density at radius 3 is 2.78 bits per heavy atom. The standard InChI is InChI=1S/C26H31N5O/c1-18-5-6-20(25(32)29-22-8-9-22)16-23(18)19-7-10-24-21(15-19)17-28-26(30-24)27-11-4-14-31-12-2-3-13-31/h5-7,10,15-17,22H,2-4,8-9,11-14H2,1H3,(H,29,32)(H,27,28,30). The molecular weight excluding hydrogens is 398 g/mol. The molecule has 6 nitrogen and oxygen atoms in total. The number of aryl methyl sites for hydroxylation is 1. The van der Waals surface area contributed by atoms with Gasteiger partial charge in [0, 0.05) is 29.7 Å². The molecule has 1 saturated carbocycles. The van der Waals surface area contributed by atoms with Crippen molar-refractivity contribution in [1.82, 2.24) is 20.2 Å². The lowest BCUT2D eigenvalue weighted by atomic mass is 9.97. The van der Waals surface area contributed by atoms with E-state index in [1.807, 2.05) is 30.5 Å². The molecule has 2 heterocycles. The summed E-state index contributed by atoms with van der Waals surface area (Å²) in [6, 6.07) is 12.5. The van der Waals surface area contributed by atoms with Crippen LogP contribution in [0.3, 0.4) is 0 Å². The van der Waals surface area contributed by atoms with E-state index in [-0.39, 0.29) is 5.91 Å². The molecule has 1 aliphatic carbocycles. The highest BCUT2D eigenvalue weighted by Gasteiger charge is 2.24. The molecule has 0 radical (unpaired) electrons. The van der Waals surface area contributed by atoms with Gasteiger partial charge in [-0.25, -0.2) is 9.97 Å². The summed E-state index contributed by atoms with van der Waals surface area (Å²) in [5.74, 6) is 0.694. The fourth-order valence-corrected chi connectivity index (χ4v) is 4.37. The molecule has 2 aliphatic rings. The molecule has 2 N–H and O–H groups in total. The molecule has 0 spiro atoms. The summed E-state index contributed by atoms with van der Waals surface area (Å²) in [7, 11) is 0. The van der Waals surface area contributed by atoms with Crippen molar-refractivity contribution in [2.24, 2.45) is 0 Å². The van der Waals surface area contributed by atoms with Gasteiger partial charge >= 0.3 is 0 Å². The Morgan fingerprint density at radius 1 is 1.12 bits per heavy atom. The molecular formula is C26H31N5O. The van der Waals surface area contributed by atoms with E-state index in [1.54, 1.807) is 0 Å². The first-order valence-electron chi connectivity index (χ1n) is 11.8. The number of fused-ring (bicyclic) bond motifs is 1. The molecule has 1 aliphatic heterocycles. The van der Waals surface area contributed by atoms with Crippen LogP contribution in [0.25, 0.3) is 22.0 Å². The van der Waals surface area contributed by atoms with Gasteiger partial charge in [-0.3, -0.25) is 4.79 Å². The van der Waals surface area contributed by atoms with Gasteiger partial charge in [-0.1, -0.05) is 12.1 Å². The normalized spacial score (nSPS) is 16.4. The molecule has 2 aromatic carbocycles.